The molecule has 14 heavy (non-hydrogen) atoms. The second-order valence-corrected chi connectivity index (χ2v) is 3.79. The molecule has 0 saturated heterocycles. The molecule has 1 N–H and O–H groups in total. The maximum Gasteiger partial charge on any atom is 0.306 e. The largest absolute Gasteiger partial charge is 0.481 e. The topological polar surface area (TPSA) is 54.4 Å². The first-order valence-electron chi connectivity index (χ1n) is 5.32. The van der Waals surface area contributed by atoms with Crippen molar-refractivity contribution in [3.05, 3.63) is 0 Å². The molecular formula is C11H20O3. The van der Waals surface area contributed by atoms with Gasteiger partial charge in [-0.2, -0.15) is 0 Å². The summed E-state index contributed by atoms with van der Waals surface area (Å²) >= 11 is 0. The van der Waals surface area contributed by atoms with E-state index in [1.165, 1.54) is 0 Å². The Labute approximate surface area is 85.5 Å². The Balaban J connectivity index is 3.50. The number of rotatable bonds is 8. The van der Waals surface area contributed by atoms with Gasteiger partial charge in [-0.1, -0.05) is 33.1 Å². The number of carboxylic acids is 1. The molecule has 0 heterocycles. The van der Waals surface area contributed by atoms with Crippen molar-refractivity contribution in [3.8, 4) is 0 Å². The molecule has 0 aliphatic heterocycles. The van der Waals surface area contributed by atoms with Crippen LogP contribution >= 0.6 is 0 Å². The molecule has 3 heteroatoms. The van der Waals surface area contributed by atoms with E-state index in [4.69, 9.17) is 5.11 Å². The SMILES string of the molecule is CCCCCCC(=O)CC(C)C(=O)O. The molecule has 82 valence electrons. The van der Waals surface area contributed by atoms with Crippen molar-refractivity contribution in [3.63, 3.8) is 0 Å². The van der Waals surface area contributed by atoms with E-state index >= 15 is 0 Å². The first-order chi connectivity index (χ1) is 6.57. The van der Waals surface area contributed by atoms with Crippen LogP contribution in [-0.4, -0.2) is 16.9 Å². The molecule has 0 rings (SSSR count). The molecule has 0 radical (unpaired) electrons. The smallest absolute Gasteiger partial charge is 0.306 e. The lowest BCUT2D eigenvalue weighted by atomic mass is 10.0. The lowest BCUT2D eigenvalue weighted by Gasteiger charge is -2.04. The highest BCUT2D eigenvalue weighted by atomic mass is 16.4. The number of hydrogen-bond acceptors (Lipinski definition) is 2. The summed E-state index contributed by atoms with van der Waals surface area (Å²) in [6.07, 6.45) is 5.00. The summed E-state index contributed by atoms with van der Waals surface area (Å²) < 4.78 is 0. The summed E-state index contributed by atoms with van der Waals surface area (Å²) in [6.45, 7) is 3.70. The molecule has 0 spiro atoms. The van der Waals surface area contributed by atoms with Gasteiger partial charge in [0.2, 0.25) is 0 Å². The Morgan fingerprint density at radius 3 is 2.36 bits per heavy atom. The Bertz CT molecular complexity index is 187. The molecule has 1 unspecified atom stereocenters. The van der Waals surface area contributed by atoms with Gasteiger partial charge in [-0.05, 0) is 6.42 Å². The van der Waals surface area contributed by atoms with Crippen molar-refractivity contribution < 1.29 is 14.7 Å². The van der Waals surface area contributed by atoms with E-state index in [1.807, 2.05) is 0 Å². The highest BCUT2D eigenvalue weighted by molar-refractivity contribution is 5.83. The average molecular weight is 200 g/mol. The summed E-state index contributed by atoms with van der Waals surface area (Å²) in [5.74, 6) is -1.34. The number of hydrogen-bond donors (Lipinski definition) is 1. The quantitative estimate of drug-likeness (QED) is 0.613. The van der Waals surface area contributed by atoms with E-state index in [1.54, 1.807) is 6.92 Å². The van der Waals surface area contributed by atoms with Gasteiger partial charge >= 0.3 is 5.97 Å². The van der Waals surface area contributed by atoms with Crippen molar-refractivity contribution in [1.82, 2.24) is 0 Å². The average Bonchev–Trinajstić information content (AvgIpc) is 2.12. The number of carboxylic acid groups (broad SMARTS) is 1. The second-order valence-electron chi connectivity index (χ2n) is 3.79. The van der Waals surface area contributed by atoms with Gasteiger partial charge in [0.25, 0.3) is 0 Å². The zero-order chi connectivity index (χ0) is 11.0. The van der Waals surface area contributed by atoms with Crippen LogP contribution in [0.1, 0.15) is 52.4 Å². The molecule has 0 fully saturated rings. The number of ketones is 1. The van der Waals surface area contributed by atoms with Crippen LogP contribution < -0.4 is 0 Å². The van der Waals surface area contributed by atoms with Gasteiger partial charge in [-0.3, -0.25) is 9.59 Å². The first kappa shape index (κ1) is 13.1. The summed E-state index contributed by atoms with van der Waals surface area (Å²) in [5, 5.41) is 8.59. The fourth-order valence-corrected chi connectivity index (χ4v) is 1.28. The molecule has 1 atom stereocenters. The van der Waals surface area contributed by atoms with Crippen LogP contribution in [0.2, 0.25) is 0 Å². The van der Waals surface area contributed by atoms with E-state index in [2.05, 4.69) is 6.92 Å². The third kappa shape index (κ3) is 6.63. The van der Waals surface area contributed by atoms with Crippen LogP contribution in [0, 0.1) is 5.92 Å². The van der Waals surface area contributed by atoms with Crippen LogP contribution in [0.4, 0.5) is 0 Å². The van der Waals surface area contributed by atoms with Gasteiger partial charge in [0.15, 0.2) is 0 Å². The van der Waals surface area contributed by atoms with Crippen molar-refractivity contribution in [2.45, 2.75) is 52.4 Å². The van der Waals surface area contributed by atoms with Gasteiger partial charge in [-0.25, -0.2) is 0 Å². The molecule has 0 bridgehead atoms. The monoisotopic (exact) mass is 200 g/mol. The summed E-state index contributed by atoms with van der Waals surface area (Å²) in [7, 11) is 0. The van der Waals surface area contributed by atoms with Crippen molar-refractivity contribution in [2.75, 3.05) is 0 Å². The number of unbranched alkanes of at least 4 members (excludes halogenated alkanes) is 3. The second kappa shape index (κ2) is 7.54. The van der Waals surface area contributed by atoms with E-state index in [9.17, 15) is 9.59 Å². The molecular weight excluding hydrogens is 180 g/mol. The third-order valence-corrected chi connectivity index (χ3v) is 2.26. The zero-order valence-corrected chi connectivity index (χ0v) is 9.08. The van der Waals surface area contributed by atoms with Gasteiger partial charge < -0.3 is 5.11 Å². The van der Waals surface area contributed by atoms with E-state index in [0.29, 0.717) is 6.42 Å². The standard InChI is InChI=1S/C11H20O3/c1-3-4-5-6-7-10(12)8-9(2)11(13)14/h9H,3-8H2,1-2H3,(H,13,14). The fraction of sp³-hybridized carbons (Fsp3) is 0.818. The minimum absolute atomic E-state index is 0.0796. The van der Waals surface area contributed by atoms with Crippen LogP contribution in [0.25, 0.3) is 0 Å². The number of Topliss-reactive ketones (excluding diaryl/α,β-unsaturated/α-hetero) is 1. The predicted molar refractivity (Wildman–Crippen MR) is 55.2 cm³/mol. The fourth-order valence-electron chi connectivity index (χ4n) is 1.28. The molecule has 0 aromatic heterocycles. The zero-order valence-electron chi connectivity index (χ0n) is 9.08. The summed E-state index contributed by atoms with van der Waals surface area (Å²) in [5.41, 5.74) is 0. The molecule has 0 aromatic carbocycles. The van der Waals surface area contributed by atoms with Gasteiger partial charge in [0, 0.05) is 12.8 Å². The number of aliphatic carboxylic acids is 1. The number of carbonyl (C=O) groups is 2. The van der Waals surface area contributed by atoms with Gasteiger partial charge in [-0.15, -0.1) is 0 Å². The van der Waals surface area contributed by atoms with Crippen LogP contribution in [0.15, 0.2) is 0 Å². The first-order valence-corrected chi connectivity index (χ1v) is 5.32. The Kier molecular flexibility index (Phi) is 7.07. The lowest BCUT2D eigenvalue weighted by molar-refractivity contribution is -0.143. The van der Waals surface area contributed by atoms with Crippen molar-refractivity contribution in [1.29, 1.82) is 0 Å². The molecule has 0 saturated carbocycles. The van der Waals surface area contributed by atoms with E-state index in [-0.39, 0.29) is 12.2 Å². The maximum atomic E-state index is 11.3. The predicted octanol–water partition coefficient (Wildman–Crippen LogP) is 2.64. The van der Waals surface area contributed by atoms with Crippen LogP contribution in [0.3, 0.4) is 0 Å². The van der Waals surface area contributed by atoms with Gasteiger partial charge in [0.1, 0.15) is 5.78 Å². The highest BCUT2D eigenvalue weighted by Crippen LogP contribution is 2.09. The Hall–Kier alpha value is -0.860. The molecule has 0 aromatic rings. The maximum absolute atomic E-state index is 11.3. The molecule has 0 amide bonds. The van der Waals surface area contributed by atoms with Crippen molar-refractivity contribution >= 4 is 11.8 Å². The normalized spacial score (nSPS) is 12.4. The summed E-state index contributed by atoms with van der Waals surface area (Å²) in [4.78, 5) is 21.7. The molecule has 3 nitrogen and oxygen atoms in total. The van der Waals surface area contributed by atoms with E-state index in [0.717, 1.165) is 25.7 Å². The third-order valence-electron chi connectivity index (χ3n) is 2.26. The van der Waals surface area contributed by atoms with Crippen molar-refractivity contribution in [2.24, 2.45) is 5.92 Å². The minimum Gasteiger partial charge on any atom is -0.481 e. The van der Waals surface area contributed by atoms with E-state index < -0.39 is 11.9 Å². The van der Waals surface area contributed by atoms with Gasteiger partial charge in [0.05, 0.1) is 5.92 Å². The number of carbonyl (C=O) groups excluding carboxylic acids is 1. The minimum atomic E-state index is -0.882. The summed E-state index contributed by atoms with van der Waals surface area (Å²) in [6, 6.07) is 0. The Morgan fingerprint density at radius 1 is 1.21 bits per heavy atom. The highest BCUT2D eigenvalue weighted by Gasteiger charge is 2.14. The molecule has 0 aliphatic rings. The van der Waals surface area contributed by atoms with Crippen LogP contribution in [-0.2, 0) is 9.59 Å². The van der Waals surface area contributed by atoms with Crippen LogP contribution in [0.5, 0.6) is 0 Å². The Morgan fingerprint density at radius 2 is 1.86 bits per heavy atom. The molecule has 0 aliphatic carbocycles. The lowest BCUT2D eigenvalue weighted by Crippen LogP contribution is -2.14.